The number of hydrogen-bond donors (Lipinski definition) is 5. The van der Waals surface area contributed by atoms with Crippen LogP contribution in [0.3, 0.4) is 0 Å². The first-order chi connectivity index (χ1) is 4.33. The summed E-state index contributed by atoms with van der Waals surface area (Å²) in [6, 6.07) is 0. The minimum Gasteiger partial charge on any atom is -0.344 e. The van der Waals surface area contributed by atoms with E-state index in [0.29, 0.717) is 0 Å². The van der Waals surface area contributed by atoms with Gasteiger partial charge in [-0.1, -0.05) is 0 Å². The zero-order valence-corrected chi connectivity index (χ0v) is 7.45. The van der Waals surface area contributed by atoms with Gasteiger partial charge in [0.25, 0.3) is 0 Å². The Morgan fingerprint density at radius 2 is 1.82 bits per heavy atom. The van der Waals surface area contributed by atoms with Gasteiger partial charge >= 0.3 is 61.4 Å². The van der Waals surface area contributed by atoms with Crippen LogP contribution in [0.2, 0.25) is 0 Å². The second-order valence-electron chi connectivity index (χ2n) is 1.67. The van der Waals surface area contributed by atoms with Crippen molar-refractivity contribution in [2.45, 2.75) is 13.0 Å². The van der Waals surface area contributed by atoms with Gasteiger partial charge in [-0.25, -0.2) is 0 Å². The smallest absolute Gasteiger partial charge is 0.344 e. The van der Waals surface area contributed by atoms with E-state index in [1.165, 1.54) is 0 Å². The van der Waals surface area contributed by atoms with Crippen molar-refractivity contribution in [2.75, 3.05) is 0 Å². The Morgan fingerprint density at radius 1 is 1.45 bits per heavy atom. The van der Waals surface area contributed by atoms with Crippen LogP contribution in [0.5, 0.6) is 0 Å². The topological polar surface area (TPSA) is 142 Å². The Balaban J connectivity index is 0. The molecule has 0 aromatic carbocycles. The summed E-state index contributed by atoms with van der Waals surface area (Å²) in [5, 5.41) is 8.12. The van der Waals surface area contributed by atoms with Crippen LogP contribution in [0.25, 0.3) is 0 Å². The number of carboxylic acid groups (broad SMARTS) is 1. The third-order valence-corrected chi connectivity index (χ3v) is 1.73. The van der Waals surface area contributed by atoms with E-state index in [2.05, 4.69) is 3.32 Å². The summed E-state index contributed by atoms with van der Waals surface area (Å²) in [4.78, 5) is 9.95. The van der Waals surface area contributed by atoms with Crippen molar-refractivity contribution in [1.29, 1.82) is 0 Å². The molecule has 0 saturated carbocycles. The maximum atomic E-state index is 9.95. The van der Waals surface area contributed by atoms with Crippen LogP contribution in [0.4, 0.5) is 0 Å². The van der Waals surface area contributed by atoms with Gasteiger partial charge in [0.2, 0.25) is 0 Å². The van der Waals surface area contributed by atoms with Crippen molar-refractivity contribution in [1.82, 2.24) is 6.15 Å². The first-order valence-electron chi connectivity index (χ1n) is 2.40. The van der Waals surface area contributed by atoms with Crippen molar-refractivity contribution in [3.63, 3.8) is 0 Å². The van der Waals surface area contributed by atoms with Crippen molar-refractivity contribution in [2.24, 2.45) is 0 Å². The second-order valence-corrected chi connectivity index (χ2v) is 3.83. The van der Waals surface area contributed by atoms with Crippen LogP contribution >= 0.6 is 0 Å². The van der Waals surface area contributed by atoms with E-state index in [0.717, 1.165) is 6.92 Å². The maximum absolute atomic E-state index is 9.95. The summed E-state index contributed by atoms with van der Waals surface area (Å²) in [6.45, 7) is 1.09. The van der Waals surface area contributed by atoms with Crippen LogP contribution < -0.4 is 6.15 Å². The number of carboxylic acids is 1. The Hall–Kier alpha value is -0.0157. The molecule has 8 heteroatoms. The molecule has 0 aliphatic rings. The molecule has 11 heavy (non-hydrogen) atoms. The fourth-order valence-electron chi connectivity index (χ4n) is 0.288. The third kappa shape index (κ3) is 7.89. The molecule has 0 saturated heterocycles. The van der Waals surface area contributed by atoms with Crippen molar-refractivity contribution < 1.29 is 42.4 Å². The fourth-order valence-corrected chi connectivity index (χ4v) is 1.19. The number of aliphatic carboxylic acids is 1. The molecule has 1 unspecified atom stereocenters. The molecule has 0 amide bonds. The summed E-state index contributed by atoms with van der Waals surface area (Å²) in [5.74, 6) is -1.35. The first kappa shape index (κ1) is 13.6. The Labute approximate surface area is 68.1 Å². The van der Waals surface area contributed by atoms with Gasteiger partial charge in [-0.05, 0) is 0 Å². The van der Waals surface area contributed by atoms with Gasteiger partial charge in [0.05, 0.1) is 0 Å². The monoisotopic (exact) mass is 205 g/mol. The molecule has 0 aromatic heterocycles. The van der Waals surface area contributed by atoms with Crippen molar-refractivity contribution >= 4 is 5.97 Å². The Kier molecular flexibility index (Phi) is 5.90. The van der Waals surface area contributed by atoms with Crippen LogP contribution in [0.15, 0.2) is 0 Å². The molecular weight excluding hydrogens is 194 g/mol. The normalized spacial score (nSPS) is 13.5. The minimum atomic E-state index is -5.11. The molecule has 0 rings (SSSR count). The molecule has 68 valence electrons. The van der Waals surface area contributed by atoms with Gasteiger partial charge < -0.3 is 6.15 Å². The van der Waals surface area contributed by atoms with E-state index >= 15 is 0 Å². The van der Waals surface area contributed by atoms with Crippen molar-refractivity contribution in [3.05, 3.63) is 0 Å². The summed E-state index contributed by atoms with van der Waals surface area (Å²) in [7, 11) is 0. The quantitative estimate of drug-likeness (QED) is 0.350. The van der Waals surface area contributed by atoms with E-state index in [-0.39, 0.29) is 6.15 Å². The van der Waals surface area contributed by atoms with Crippen LogP contribution in [0, 0.1) is 0 Å². The second kappa shape index (κ2) is 4.78. The van der Waals surface area contributed by atoms with Gasteiger partial charge in [0, 0.05) is 0 Å². The molecule has 0 heterocycles. The molecule has 0 radical (unpaired) electrons. The van der Waals surface area contributed by atoms with Crippen LogP contribution in [-0.2, 0) is 26.3 Å². The average Bonchev–Trinajstić information content (AvgIpc) is 1.60. The number of hydrogen-bond acceptors (Lipinski definition) is 6. The molecule has 0 bridgehead atoms. The SMILES string of the molecule is CC([O][Ti]([OH])([OH])[OH])C(=O)O.N. The van der Waals surface area contributed by atoms with Crippen molar-refractivity contribution in [3.8, 4) is 0 Å². The largest absolute Gasteiger partial charge is 0.344 e. The zero-order valence-electron chi connectivity index (χ0n) is 5.89. The third-order valence-electron chi connectivity index (χ3n) is 0.683. The predicted octanol–water partition coefficient (Wildman–Crippen LogP) is -1.57. The zero-order chi connectivity index (χ0) is 8.36. The molecular formula is C3H11NO6Ti. The number of rotatable bonds is 3. The molecule has 0 aromatic rings. The summed E-state index contributed by atoms with van der Waals surface area (Å²) >= 11 is -5.11. The molecule has 0 fully saturated rings. The van der Waals surface area contributed by atoms with Gasteiger partial charge in [-0.15, -0.1) is 0 Å². The van der Waals surface area contributed by atoms with Gasteiger partial charge in [0.1, 0.15) is 0 Å². The molecule has 7 N–H and O–H groups in total. The van der Waals surface area contributed by atoms with E-state index in [1.807, 2.05) is 0 Å². The van der Waals surface area contributed by atoms with Gasteiger partial charge in [-0.3, -0.25) is 0 Å². The molecule has 0 aliphatic heterocycles. The molecule has 0 aliphatic carbocycles. The summed E-state index contributed by atoms with van der Waals surface area (Å²) < 4.78 is 28.7. The molecule has 0 spiro atoms. The maximum Gasteiger partial charge on any atom is -0.344 e. The summed E-state index contributed by atoms with van der Waals surface area (Å²) in [6.07, 6.45) is -1.39. The molecule has 1 atom stereocenters. The van der Waals surface area contributed by atoms with Gasteiger partial charge in [0.15, 0.2) is 0 Å². The van der Waals surface area contributed by atoms with E-state index in [4.69, 9.17) is 16.2 Å². The summed E-state index contributed by atoms with van der Waals surface area (Å²) in [5.41, 5.74) is 0. The van der Waals surface area contributed by atoms with Crippen LogP contribution in [0.1, 0.15) is 6.92 Å². The standard InChI is InChI=1S/C3H5O3.H3N.3H2O.Ti/c1-2(4)3(5)6;;;;;/h2H,1H3,(H,5,6);1H3;3*1H2;/q-1;;;;;+4/p-3. The van der Waals surface area contributed by atoms with E-state index < -0.39 is 30.2 Å². The fraction of sp³-hybridized carbons (Fsp3) is 0.667. The average molecular weight is 205 g/mol. The van der Waals surface area contributed by atoms with E-state index in [9.17, 15) is 4.79 Å². The van der Waals surface area contributed by atoms with Gasteiger partial charge in [-0.2, -0.15) is 0 Å². The Bertz CT molecular complexity index is 132. The number of carbonyl (C=O) groups is 1. The minimum absolute atomic E-state index is 0. The molecule has 7 nitrogen and oxygen atoms in total. The van der Waals surface area contributed by atoms with Crippen LogP contribution in [-0.4, -0.2) is 28.2 Å². The predicted molar refractivity (Wildman–Crippen MR) is 29.9 cm³/mol. The van der Waals surface area contributed by atoms with E-state index in [1.54, 1.807) is 0 Å². The Morgan fingerprint density at radius 3 is 1.91 bits per heavy atom. The first-order valence-corrected chi connectivity index (χ1v) is 5.14.